The van der Waals surface area contributed by atoms with Gasteiger partial charge in [-0.2, -0.15) is 0 Å². The van der Waals surface area contributed by atoms with Gasteiger partial charge >= 0.3 is 0 Å². The monoisotopic (exact) mass is 258 g/mol. The van der Waals surface area contributed by atoms with Crippen molar-refractivity contribution in [3.05, 3.63) is 59.7 Å². The Morgan fingerprint density at radius 1 is 0.944 bits per heavy atom. The van der Waals surface area contributed by atoms with Gasteiger partial charge in [0.25, 0.3) is 0 Å². The van der Waals surface area contributed by atoms with Gasteiger partial charge in [0, 0.05) is 5.88 Å². The molecular weight excluding hydrogens is 240 g/mol. The maximum Gasteiger partial charge on any atom is 0.0474 e. The Bertz CT molecular complexity index is 497. The van der Waals surface area contributed by atoms with Crippen molar-refractivity contribution in [1.82, 2.24) is 0 Å². The quantitative estimate of drug-likeness (QED) is 0.654. The van der Waals surface area contributed by atoms with E-state index < -0.39 is 0 Å². The maximum atomic E-state index is 5.83. The summed E-state index contributed by atoms with van der Waals surface area (Å²) in [5, 5.41) is 0. The third-order valence-corrected chi connectivity index (χ3v) is 3.37. The van der Waals surface area contributed by atoms with E-state index in [4.69, 9.17) is 11.6 Å². The van der Waals surface area contributed by atoms with E-state index in [-0.39, 0.29) is 0 Å². The lowest BCUT2D eigenvalue weighted by molar-refractivity contribution is 0.648. The highest BCUT2D eigenvalue weighted by atomic mass is 35.5. The Labute approximate surface area is 115 Å². The molecule has 0 nitrogen and oxygen atoms in total. The Balaban J connectivity index is 2.36. The summed E-state index contributed by atoms with van der Waals surface area (Å²) in [6, 6.07) is 17.2. The van der Waals surface area contributed by atoms with Crippen LogP contribution in [0.25, 0.3) is 11.1 Å². The third-order valence-electron chi connectivity index (χ3n) is 3.06. The van der Waals surface area contributed by atoms with Gasteiger partial charge in [0.2, 0.25) is 0 Å². The van der Waals surface area contributed by atoms with Crippen LogP contribution in [0.2, 0.25) is 0 Å². The van der Waals surface area contributed by atoms with E-state index in [0.717, 1.165) is 6.42 Å². The van der Waals surface area contributed by atoms with Crippen LogP contribution < -0.4 is 0 Å². The van der Waals surface area contributed by atoms with E-state index in [1.54, 1.807) is 0 Å². The highest BCUT2D eigenvalue weighted by Crippen LogP contribution is 2.26. The Hall–Kier alpha value is -1.27. The second-order valence-corrected chi connectivity index (χ2v) is 5.35. The molecule has 0 radical (unpaired) electrons. The molecule has 2 aromatic rings. The van der Waals surface area contributed by atoms with Crippen LogP contribution in [0.3, 0.4) is 0 Å². The van der Waals surface area contributed by atoms with E-state index in [1.165, 1.54) is 22.3 Å². The highest BCUT2D eigenvalue weighted by molar-refractivity contribution is 6.17. The fraction of sp³-hybridized carbons (Fsp3) is 0.294. The van der Waals surface area contributed by atoms with E-state index >= 15 is 0 Å². The van der Waals surface area contributed by atoms with Crippen molar-refractivity contribution in [2.24, 2.45) is 5.92 Å². The van der Waals surface area contributed by atoms with Crippen molar-refractivity contribution in [1.29, 1.82) is 0 Å². The standard InChI is InChI=1S/C17H19Cl/c1-13(2)11-16-5-3-4-6-17(16)15-9-7-14(12-18)8-10-15/h3-10,13H,11-12H2,1-2H3. The maximum absolute atomic E-state index is 5.83. The smallest absolute Gasteiger partial charge is 0.0474 e. The summed E-state index contributed by atoms with van der Waals surface area (Å²) < 4.78 is 0. The first-order valence-electron chi connectivity index (χ1n) is 6.44. The minimum absolute atomic E-state index is 0.577. The molecule has 0 unspecified atom stereocenters. The molecule has 18 heavy (non-hydrogen) atoms. The van der Waals surface area contributed by atoms with Crippen LogP contribution in [-0.2, 0) is 12.3 Å². The van der Waals surface area contributed by atoms with Crippen molar-refractivity contribution in [3.63, 3.8) is 0 Å². The number of halogens is 1. The molecule has 94 valence electrons. The van der Waals surface area contributed by atoms with Crippen molar-refractivity contribution in [2.45, 2.75) is 26.1 Å². The molecule has 0 heterocycles. The van der Waals surface area contributed by atoms with Crippen LogP contribution in [0.5, 0.6) is 0 Å². The lowest BCUT2D eigenvalue weighted by Gasteiger charge is -2.12. The molecular formula is C17H19Cl. The SMILES string of the molecule is CC(C)Cc1ccccc1-c1ccc(CCl)cc1. The van der Waals surface area contributed by atoms with Crippen LogP contribution in [0, 0.1) is 5.92 Å². The van der Waals surface area contributed by atoms with Gasteiger partial charge in [-0.3, -0.25) is 0 Å². The number of hydrogen-bond donors (Lipinski definition) is 0. The van der Waals surface area contributed by atoms with Gasteiger partial charge in [-0.15, -0.1) is 11.6 Å². The lowest BCUT2D eigenvalue weighted by Crippen LogP contribution is -1.96. The first-order chi connectivity index (χ1) is 8.70. The summed E-state index contributed by atoms with van der Waals surface area (Å²) in [7, 11) is 0. The van der Waals surface area contributed by atoms with Crippen LogP contribution in [0.15, 0.2) is 48.5 Å². The molecule has 2 rings (SSSR count). The minimum Gasteiger partial charge on any atom is -0.122 e. The van der Waals surface area contributed by atoms with E-state index in [2.05, 4.69) is 62.4 Å². The van der Waals surface area contributed by atoms with Crippen LogP contribution in [0.1, 0.15) is 25.0 Å². The molecule has 0 aromatic heterocycles. The molecule has 0 bridgehead atoms. The Kier molecular flexibility index (Phi) is 4.43. The van der Waals surface area contributed by atoms with Crippen molar-refractivity contribution in [2.75, 3.05) is 0 Å². The molecule has 0 saturated carbocycles. The first kappa shape index (κ1) is 13.2. The van der Waals surface area contributed by atoms with Gasteiger partial charge in [0.05, 0.1) is 0 Å². The van der Waals surface area contributed by atoms with E-state index in [0.29, 0.717) is 11.8 Å². The fourth-order valence-electron chi connectivity index (χ4n) is 2.19. The normalized spacial score (nSPS) is 10.9. The van der Waals surface area contributed by atoms with Crippen molar-refractivity contribution < 1.29 is 0 Å². The van der Waals surface area contributed by atoms with Gasteiger partial charge in [-0.05, 0) is 34.6 Å². The van der Waals surface area contributed by atoms with Gasteiger partial charge < -0.3 is 0 Å². The molecule has 0 amide bonds. The molecule has 0 aliphatic heterocycles. The van der Waals surface area contributed by atoms with Crippen molar-refractivity contribution >= 4 is 11.6 Å². The second kappa shape index (κ2) is 6.06. The molecule has 0 fully saturated rings. The summed E-state index contributed by atoms with van der Waals surface area (Å²) in [4.78, 5) is 0. The largest absolute Gasteiger partial charge is 0.122 e. The molecule has 0 spiro atoms. The first-order valence-corrected chi connectivity index (χ1v) is 6.97. The summed E-state index contributed by atoms with van der Waals surface area (Å²) in [6.07, 6.45) is 1.12. The topological polar surface area (TPSA) is 0 Å². The Morgan fingerprint density at radius 2 is 1.61 bits per heavy atom. The van der Waals surface area contributed by atoms with Crippen molar-refractivity contribution in [3.8, 4) is 11.1 Å². The second-order valence-electron chi connectivity index (χ2n) is 5.09. The van der Waals surface area contributed by atoms with Crippen LogP contribution in [0.4, 0.5) is 0 Å². The average Bonchev–Trinajstić information content (AvgIpc) is 2.39. The number of benzene rings is 2. The molecule has 0 N–H and O–H groups in total. The van der Waals surface area contributed by atoms with E-state index in [9.17, 15) is 0 Å². The van der Waals surface area contributed by atoms with Crippen LogP contribution in [-0.4, -0.2) is 0 Å². The molecule has 0 atom stereocenters. The zero-order valence-corrected chi connectivity index (χ0v) is 11.7. The number of rotatable bonds is 4. The zero-order valence-electron chi connectivity index (χ0n) is 11.0. The number of alkyl halides is 1. The fourth-order valence-corrected chi connectivity index (χ4v) is 2.37. The van der Waals surface area contributed by atoms with Gasteiger partial charge in [0.15, 0.2) is 0 Å². The molecule has 1 heteroatoms. The van der Waals surface area contributed by atoms with Gasteiger partial charge in [0.1, 0.15) is 0 Å². The highest BCUT2D eigenvalue weighted by Gasteiger charge is 2.06. The average molecular weight is 259 g/mol. The predicted molar refractivity (Wildman–Crippen MR) is 80.0 cm³/mol. The zero-order chi connectivity index (χ0) is 13.0. The number of hydrogen-bond acceptors (Lipinski definition) is 0. The molecule has 0 aliphatic rings. The Morgan fingerprint density at radius 3 is 2.22 bits per heavy atom. The summed E-state index contributed by atoms with van der Waals surface area (Å²) in [6.45, 7) is 4.51. The third kappa shape index (κ3) is 3.14. The van der Waals surface area contributed by atoms with Crippen LogP contribution >= 0.6 is 11.6 Å². The summed E-state index contributed by atoms with van der Waals surface area (Å²) in [5.41, 5.74) is 5.21. The minimum atomic E-state index is 0.577. The molecule has 0 aliphatic carbocycles. The summed E-state index contributed by atoms with van der Waals surface area (Å²) >= 11 is 5.83. The molecule has 0 saturated heterocycles. The predicted octanol–water partition coefficient (Wildman–Crippen LogP) is 5.29. The van der Waals surface area contributed by atoms with E-state index in [1.807, 2.05) is 0 Å². The van der Waals surface area contributed by atoms with Gasteiger partial charge in [-0.1, -0.05) is 62.4 Å². The summed E-state index contributed by atoms with van der Waals surface area (Å²) in [5.74, 6) is 1.25. The lowest BCUT2D eigenvalue weighted by atomic mass is 9.93. The molecule has 2 aromatic carbocycles. The van der Waals surface area contributed by atoms with Gasteiger partial charge in [-0.25, -0.2) is 0 Å².